The Morgan fingerprint density at radius 1 is 0.230 bits per heavy atom. The number of carbonyl (C=O) groups excluding carboxylic acids is 3. The van der Waals surface area contributed by atoms with Gasteiger partial charge in [0.25, 0.3) is 0 Å². The van der Waals surface area contributed by atoms with Gasteiger partial charge in [0.05, 0.1) is 0 Å². The molecule has 0 aromatic carbocycles. The molecule has 0 saturated carbocycles. The van der Waals surface area contributed by atoms with Gasteiger partial charge in [0.1, 0.15) is 13.2 Å². The van der Waals surface area contributed by atoms with Crippen molar-refractivity contribution in [1.82, 2.24) is 0 Å². The highest BCUT2D eigenvalue weighted by molar-refractivity contribution is 5.71. The zero-order valence-electron chi connectivity index (χ0n) is 51.1. The van der Waals surface area contributed by atoms with Crippen LogP contribution in [0.5, 0.6) is 0 Å². The van der Waals surface area contributed by atoms with Crippen molar-refractivity contribution in [1.29, 1.82) is 0 Å². The Labute approximate surface area is 463 Å². The van der Waals surface area contributed by atoms with Gasteiger partial charge >= 0.3 is 17.9 Å². The topological polar surface area (TPSA) is 78.9 Å². The Bertz CT molecular complexity index is 1150. The average Bonchev–Trinajstić information content (AvgIpc) is 3.36. The van der Waals surface area contributed by atoms with Gasteiger partial charge in [-0.1, -0.05) is 343 Å². The van der Waals surface area contributed by atoms with Crippen LogP contribution in [0.2, 0.25) is 0 Å². The Balaban J connectivity index is 4.27. The lowest BCUT2D eigenvalue weighted by Gasteiger charge is -2.18. The molecule has 1 atom stereocenters. The summed E-state index contributed by atoms with van der Waals surface area (Å²) in [7, 11) is 0. The lowest BCUT2D eigenvalue weighted by molar-refractivity contribution is -0.167. The lowest BCUT2D eigenvalue weighted by atomic mass is 10.0. The van der Waals surface area contributed by atoms with Crippen molar-refractivity contribution >= 4 is 17.9 Å². The largest absolute Gasteiger partial charge is 0.462 e. The second kappa shape index (κ2) is 59.1. The smallest absolute Gasteiger partial charge is 0.306 e. The Morgan fingerprint density at radius 3 is 0.581 bits per heavy atom. The molecule has 0 unspecified atom stereocenters. The SMILES string of the molecule is CC(C)CCCCCCCCCCCCCCCCCCCCC(=O)OC[C@H](COC(=O)CCCCCCCCCCCCCCCC(C)C)OC(=O)CCCCCCCCCCCCCCCCCCC(C)C. The van der Waals surface area contributed by atoms with Gasteiger partial charge in [-0.25, -0.2) is 0 Å². The molecule has 0 bridgehead atoms. The third kappa shape index (κ3) is 61.3. The number of rotatable bonds is 61. The van der Waals surface area contributed by atoms with E-state index in [0.717, 1.165) is 75.5 Å². The monoisotopic (exact) mass is 1050 g/mol. The van der Waals surface area contributed by atoms with Gasteiger partial charge in [-0.3, -0.25) is 14.4 Å². The van der Waals surface area contributed by atoms with E-state index in [9.17, 15) is 14.4 Å². The first-order chi connectivity index (χ1) is 36.1. The number of esters is 3. The van der Waals surface area contributed by atoms with E-state index >= 15 is 0 Å². The highest BCUT2D eigenvalue weighted by atomic mass is 16.6. The Morgan fingerprint density at radius 2 is 0.392 bits per heavy atom. The predicted molar refractivity (Wildman–Crippen MR) is 321 cm³/mol. The van der Waals surface area contributed by atoms with Crippen LogP contribution >= 0.6 is 0 Å². The van der Waals surface area contributed by atoms with Crippen LogP contribution in [0.3, 0.4) is 0 Å². The maximum absolute atomic E-state index is 12.9. The molecule has 0 N–H and O–H groups in total. The van der Waals surface area contributed by atoms with Gasteiger partial charge in [0.15, 0.2) is 6.10 Å². The molecule has 0 rings (SSSR count). The van der Waals surface area contributed by atoms with Crippen LogP contribution in [-0.2, 0) is 28.6 Å². The highest BCUT2D eigenvalue weighted by Crippen LogP contribution is 2.20. The summed E-state index contributed by atoms with van der Waals surface area (Å²) in [4.78, 5) is 38.4. The van der Waals surface area contributed by atoms with Crippen molar-refractivity contribution < 1.29 is 28.6 Å². The Kier molecular flexibility index (Phi) is 57.8. The van der Waals surface area contributed by atoms with E-state index in [1.54, 1.807) is 0 Å². The zero-order chi connectivity index (χ0) is 54.1. The molecule has 0 aliphatic rings. The van der Waals surface area contributed by atoms with E-state index in [1.807, 2.05) is 0 Å². The van der Waals surface area contributed by atoms with E-state index < -0.39 is 6.10 Å². The summed E-state index contributed by atoms with van der Waals surface area (Å²) >= 11 is 0. The minimum Gasteiger partial charge on any atom is -0.462 e. The summed E-state index contributed by atoms with van der Waals surface area (Å²) < 4.78 is 17.0. The number of carbonyl (C=O) groups is 3. The molecule has 0 aromatic rings. The molecule has 0 spiro atoms. The maximum atomic E-state index is 12.9. The minimum atomic E-state index is -0.765. The average molecular weight is 1050 g/mol. The van der Waals surface area contributed by atoms with Gasteiger partial charge < -0.3 is 14.2 Å². The molecule has 0 heterocycles. The molecule has 6 nitrogen and oxygen atoms in total. The van der Waals surface area contributed by atoms with Gasteiger partial charge in [0, 0.05) is 19.3 Å². The molecule has 0 aromatic heterocycles. The lowest BCUT2D eigenvalue weighted by Crippen LogP contribution is -2.30. The standard InChI is InChI=1S/C68H132O6/c1-62(2)54-48-42-36-30-24-18-13-9-7-8-10-15-21-27-33-39-45-51-57-66(69)72-60-65(61-73-67(70)58-52-46-40-34-28-23-17-20-26-32-38-44-50-56-64(5)6)74-68(71)59-53-47-41-35-29-22-16-12-11-14-19-25-31-37-43-49-55-63(3)4/h62-65H,7-61H2,1-6H3/t65-/m1/s1. The fourth-order valence-corrected chi connectivity index (χ4v) is 10.6. The van der Waals surface area contributed by atoms with Crippen molar-refractivity contribution in [2.45, 2.75) is 388 Å². The summed E-state index contributed by atoms with van der Waals surface area (Å²) in [5.74, 6) is 1.72. The number of hydrogen-bond acceptors (Lipinski definition) is 6. The summed E-state index contributed by atoms with van der Waals surface area (Å²) in [5.41, 5.74) is 0. The fourth-order valence-electron chi connectivity index (χ4n) is 10.6. The van der Waals surface area contributed by atoms with Gasteiger partial charge in [0.2, 0.25) is 0 Å². The third-order valence-corrected chi connectivity index (χ3v) is 15.6. The minimum absolute atomic E-state index is 0.0621. The summed E-state index contributed by atoms with van der Waals surface area (Å²) in [6, 6.07) is 0. The van der Waals surface area contributed by atoms with Crippen molar-refractivity contribution in [3.8, 4) is 0 Å². The van der Waals surface area contributed by atoms with Crippen LogP contribution in [0, 0.1) is 17.8 Å². The van der Waals surface area contributed by atoms with Gasteiger partial charge in [-0.05, 0) is 37.0 Å². The fraction of sp³-hybridized carbons (Fsp3) is 0.956. The van der Waals surface area contributed by atoms with E-state index in [2.05, 4.69) is 41.5 Å². The van der Waals surface area contributed by atoms with Crippen molar-refractivity contribution in [2.75, 3.05) is 13.2 Å². The van der Waals surface area contributed by atoms with Gasteiger partial charge in [-0.15, -0.1) is 0 Å². The highest BCUT2D eigenvalue weighted by Gasteiger charge is 2.20. The second-order valence-corrected chi connectivity index (χ2v) is 24.9. The maximum Gasteiger partial charge on any atom is 0.306 e. The first kappa shape index (κ1) is 72.4. The molecular weight excluding hydrogens is 913 g/mol. The zero-order valence-corrected chi connectivity index (χ0v) is 51.1. The van der Waals surface area contributed by atoms with Crippen LogP contribution in [0.15, 0.2) is 0 Å². The van der Waals surface area contributed by atoms with E-state index in [4.69, 9.17) is 14.2 Å². The molecule has 0 saturated heterocycles. The second-order valence-electron chi connectivity index (χ2n) is 24.9. The Hall–Kier alpha value is -1.59. The number of unbranched alkanes of at least 4 members (excludes halogenated alkanes) is 44. The van der Waals surface area contributed by atoms with Crippen LogP contribution in [0.4, 0.5) is 0 Å². The van der Waals surface area contributed by atoms with Gasteiger partial charge in [-0.2, -0.15) is 0 Å². The summed E-state index contributed by atoms with van der Waals surface area (Å²) in [5, 5.41) is 0. The van der Waals surface area contributed by atoms with Crippen LogP contribution in [0.1, 0.15) is 382 Å². The number of ether oxygens (including phenoxy) is 3. The molecule has 440 valence electrons. The first-order valence-electron chi connectivity index (χ1n) is 33.6. The normalized spacial score (nSPS) is 12.1. The molecule has 0 fully saturated rings. The van der Waals surface area contributed by atoms with E-state index in [-0.39, 0.29) is 31.1 Å². The van der Waals surface area contributed by atoms with Crippen molar-refractivity contribution in [3.63, 3.8) is 0 Å². The quantitative estimate of drug-likeness (QED) is 0.0343. The molecule has 0 amide bonds. The van der Waals surface area contributed by atoms with Crippen LogP contribution in [-0.4, -0.2) is 37.2 Å². The number of hydrogen-bond donors (Lipinski definition) is 0. The van der Waals surface area contributed by atoms with E-state index in [1.165, 1.54) is 263 Å². The molecule has 0 aliphatic heterocycles. The van der Waals surface area contributed by atoms with Crippen LogP contribution < -0.4 is 0 Å². The molecule has 0 radical (unpaired) electrons. The summed E-state index contributed by atoms with van der Waals surface area (Å²) in [6.45, 7) is 13.8. The summed E-state index contributed by atoms with van der Waals surface area (Å²) in [6.07, 6.45) is 65.4. The third-order valence-electron chi connectivity index (χ3n) is 15.6. The van der Waals surface area contributed by atoms with Crippen molar-refractivity contribution in [3.05, 3.63) is 0 Å². The predicted octanol–water partition coefficient (Wildman–Crippen LogP) is 22.6. The molecule has 0 aliphatic carbocycles. The first-order valence-corrected chi connectivity index (χ1v) is 33.6. The molecule has 6 heteroatoms. The van der Waals surface area contributed by atoms with Crippen molar-refractivity contribution in [2.24, 2.45) is 17.8 Å². The van der Waals surface area contributed by atoms with E-state index in [0.29, 0.717) is 19.3 Å². The van der Waals surface area contributed by atoms with Crippen LogP contribution in [0.25, 0.3) is 0 Å². The molecular formula is C68H132O6. The molecule has 74 heavy (non-hydrogen) atoms.